The summed E-state index contributed by atoms with van der Waals surface area (Å²) in [6.07, 6.45) is 2.96. The van der Waals surface area contributed by atoms with Gasteiger partial charge in [-0.15, -0.1) is 0 Å². The van der Waals surface area contributed by atoms with E-state index in [1.54, 1.807) is 43.5 Å². The van der Waals surface area contributed by atoms with Crippen molar-refractivity contribution in [1.82, 2.24) is 10.6 Å². The number of rotatable bonds is 9. The summed E-state index contributed by atoms with van der Waals surface area (Å²) in [5.74, 6) is 0.967. The Labute approximate surface area is 187 Å². The van der Waals surface area contributed by atoms with Crippen LogP contribution in [-0.2, 0) is 4.79 Å². The predicted octanol–water partition coefficient (Wildman–Crippen LogP) is 3.87. The number of carbonyl (C=O) groups is 2. The van der Waals surface area contributed by atoms with Crippen LogP contribution in [0.4, 0.5) is 0 Å². The van der Waals surface area contributed by atoms with Crippen molar-refractivity contribution in [2.24, 2.45) is 0 Å². The minimum Gasteiger partial charge on any atom is -0.497 e. The van der Waals surface area contributed by atoms with E-state index in [4.69, 9.17) is 13.9 Å². The molecule has 2 N–H and O–H groups in total. The average molecular weight is 434 g/mol. The predicted molar refractivity (Wildman–Crippen MR) is 122 cm³/mol. The fourth-order valence-corrected chi connectivity index (χ4v) is 2.99. The minimum atomic E-state index is -0.451. The molecule has 2 aromatic carbocycles. The van der Waals surface area contributed by atoms with Crippen molar-refractivity contribution in [2.75, 3.05) is 20.3 Å². The van der Waals surface area contributed by atoms with Crippen LogP contribution in [-0.4, -0.2) is 32.1 Å². The van der Waals surface area contributed by atoms with Crippen LogP contribution in [0.3, 0.4) is 0 Å². The maximum atomic E-state index is 12.7. The lowest BCUT2D eigenvalue weighted by Gasteiger charge is -2.13. The van der Waals surface area contributed by atoms with Crippen molar-refractivity contribution in [3.8, 4) is 11.5 Å². The maximum absolute atomic E-state index is 12.7. The first-order valence-electron chi connectivity index (χ1n) is 10.1. The van der Waals surface area contributed by atoms with E-state index in [1.165, 1.54) is 12.3 Å². The van der Waals surface area contributed by atoms with Crippen LogP contribution < -0.4 is 20.1 Å². The Hall–Kier alpha value is -4.00. The molecule has 0 aliphatic carbocycles. The first kappa shape index (κ1) is 22.7. The molecule has 2 amide bonds. The monoisotopic (exact) mass is 434 g/mol. The molecule has 0 atom stereocenters. The molecule has 0 bridgehead atoms. The van der Waals surface area contributed by atoms with E-state index in [-0.39, 0.29) is 18.8 Å². The van der Waals surface area contributed by atoms with E-state index in [9.17, 15) is 9.59 Å². The molecule has 7 nitrogen and oxygen atoms in total. The quantitative estimate of drug-likeness (QED) is 0.394. The van der Waals surface area contributed by atoms with Crippen molar-refractivity contribution in [2.45, 2.75) is 13.8 Å². The van der Waals surface area contributed by atoms with Gasteiger partial charge in [0.1, 0.15) is 29.6 Å². The van der Waals surface area contributed by atoms with Gasteiger partial charge >= 0.3 is 0 Å². The number of amides is 2. The van der Waals surface area contributed by atoms with Gasteiger partial charge in [-0.25, -0.2) is 0 Å². The van der Waals surface area contributed by atoms with E-state index < -0.39 is 11.8 Å². The molecule has 0 fully saturated rings. The second-order valence-corrected chi connectivity index (χ2v) is 7.13. The third-order valence-electron chi connectivity index (χ3n) is 4.65. The molecule has 0 spiro atoms. The maximum Gasteiger partial charge on any atom is 0.268 e. The summed E-state index contributed by atoms with van der Waals surface area (Å²) in [6, 6.07) is 15.9. The summed E-state index contributed by atoms with van der Waals surface area (Å²) >= 11 is 0. The Kier molecular flexibility index (Phi) is 7.70. The molecule has 0 aliphatic rings. The zero-order valence-electron chi connectivity index (χ0n) is 18.3. The molecule has 0 aliphatic heterocycles. The highest BCUT2D eigenvalue weighted by Gasteiger charge is 2.15. The number of methoxy groups -OCH3 is 1. The standard InChI is InChI=1S/C25H26N2O5/c1-17-6-11-23(18(2)15-17)32-14-12-26-25(29)22(16-21-5-4-13-31-21)27-24(28)19-7-9-20(30-3)10-8-19/h4-11,13,15-16H,12,14H2,1-3H3,(H,26,29)(H,27,28)/b22-16-. The van der Waals surface area contributed by atoms with Crippen LogP contribution >= 0.6 is 0 Å². The molecule has 32 heavy (non-hydrogen) atoms. The Bertz CT molecular complexity index is 1090. The lowest BCUT2D eigenvalue weighted by atomic mass is 10.1. The minimum absolute atomic E-state index is 0.0623. The van der Waals surface area contributed by atoms with E-state index in [0.717, 1.165) is 16.9 Å². The molecule has 0 saturated heterocycles. The summed E-state index contributed by atoms with van der Waals surface area (Å²) in [6.45, 7) is 4.54. The number of furan rings is 1. The molecule has 1 heterocycles. The molecule has 3 rings (SSSR count). The van der Waals surface area contributed by atoms with Gasteiger partial charge in [0, 0.05) is 11.6 Å². The van der Waals surface area contributed by atoms with Crippen molar-refractivity contribution < 1.29 is 23.5 Å². The molecular formula is C25H26N2O5. The molecule has 0 saturated carbocycles. The fourth-order valence-electron chi connectivity index (χ4n) is 2.99. The highest BCUT2D eigenvalue weighted by Crippen LogP contribution is 2.18. The van der Waals surface area contributed by atoms with Gasteiger partial charge in [0.05, 0.1) is 19.9 Å². The summed E-state index contributed by atoms with van der Waals surface area (Å²) < 4.78 is 16.1. The molecule has 0 radical (unpaired) electrons. The number of hydrogen-bond donors (Lipinski definition) is 2. The number of aryl methyl sites for hydroxylation is 2. The number of benzene rings is 2. The van der Waals surface area contributed by atoms with E-state index in [2.05, 4.69) is 10.6 Å². The van der Waals surface area contributed by atoms with Crippen molar-refractivity contribution in [1.29, 1.82) is 0 Å². The first-order valence-corrected chi connectivity index (χ1v) is 10.1. The average Bonchev–Trinajstić information content (AvgIpc) is 3.30. The summed E-state index contributed by atoms with van der Waals surface area (Å²) in [5, 5.41) is 5.41. The summed E-state index contributed by atoms with van der Waals surface area (Å²) in [4.78, 5) is 25.4. The Morgan fingerprint density at radius 1 is 1.06 bits per heavy atom. The van der Waals surface area contributed by atoms with Gasteiger partial charge in [-0.3, -0.25) is 9.59 Å². The largest absolute Gasteiger partial charge is 0.497 e. The van der Waals surface area contributed by atoms with Crippen LogP contribution in [0, 0.1) is 13.8 Å². The Morgan fingerprint density at radius 3 is 2.50 bits per heavy atom. The van der Waals surface area contributed by atoms with Gasteiger partial charge in [-0.2, -0.15) is 0 Å². The second-order valence-electron chi connectivity index (χ2n) is 7.13. The smallest absolute Gasteiger partial charge is 0.268 e. The van der Waals surface area contributed by atoms with E-state index in [1.807, 2.05) is 32.0 Å². The highest BCUT2D eigenvalue weighted by molar-refractivity contribution is 6.05. The summed E-state index contributed by atoms with van der Waals surface area (Å²) in [7, 11) is 1.55. The fraction of sp³-hybridized carbons (Fsp3) is 0.200. The van der Waals surface area contributed by atoms with Crippen LogP contribution in [0.1, 0.15) is 27.2 Å². The first-order chi connectivity index (χ1) is 15.5. The number of nitrogens with one attached hydrogen (secondary N) is 2. The normalized spacial score (nSPS) is 11.0. The molecule has 0 unspecified atom stereocenters. The number of ether oxygens (including phenoxy) is 2. The zero-order valence-corrected chi connectivity index (χ0v) is 18.3. The lowest BCUT2D eigenvalue weighted by Crippen LogP contribution is -2.36. The molecule has 7 heteroatoms. The third kappa shape index (κ3) is 6.25. The zero-order chi connectivity index (χ0) is 22.9. The Morgan fingerprint density at radius 2 is 1.84 bits per heavy atom. The van der Waals surface area contributed by atoms with Gasteiger partial charge in [-0.05, 0) is 61.9 Å². The molecule has 166 valence electrons. The van der Waals surface area contributed by atoms with E-state index in [0.29, 0.717) is 17.1 Å². The molecule has 1 aromatic heterocycles. The van der Waals surface area contributed by atoms with Gasteiger partial charge < -0.3 is 24.5 Å². The van der Waals surface area contributed by atoms with E-state index >= 15 is 0 Å². The van der Waals surface area contributed by atoms with Crippen LogP contribution in [0.25, 0.3) is 6.08 Å². The van der Waals surface area contributed by atoms with Gasteiger partial charge in [0.2, 0.25) is 0 Å². The van der Waals surface area contributed by atoms with Crippen LogP contribution in [0.5, 0.6) is 11.5 Å². The van der Waals surface area contributed by atoms with Gasteiger partial charge in [0.25, 0.3) is 11.8 Å². The second kappa shape index (κ2) is 10.9. The number of hydrogen-bond acceptors (Lipinski definition) is 5. The van der Waals surface area contributed by atoms with Gasteiger partial charge in [-0.1, -0.05) is 17.7 Å². The van der Waals surface area contributed by atoms with Crippen LogP contribution in [0.2, 0.25) is 0 Å². The summed E-state index contributed by atoms with van der Waals surface area (Å²) in [5.41, 5.74) is 2.64. The van der Waals surface area contributed by atoms with Crippen molar-refractivity contribution in [3.05, 3.63) is 89.0 Å². The van der Waals surface area contributed by atoms with Crippen molar-refractivity contribution >= 4 is 17.9 Å². The van der Waals surface area contributed by atoms with Gasteiger partial charge in [0.15, 0.2) is 0 Å². The third-order valence-corrected chi connectivity index (χ3v) is 4.65. The molecular weight excluding hydrogens is 408 g/mol. The van der Waals surface area contributed by atoms with Crippen molar-refractivity contribution in [3.63, 3.8) is 0 Å². The lowest BCUT2D eigenvalue weighted by molar-refractivity contribution is -0.117. The SMILES string of the molecule is COc1ccc(C(=O)N/C(=C\c2ccco2)C(=O)NCCOc2ccc(C)cc2C)cc1. The highest BCUT2D eigenvalue weighted by atomic mass is 16.5. The Balaban J connectivity index is 1.62. The number of carbonyl (C=O) groups excluding carboxylic acids is 2. The molecule has 3 aromatic rings. The van der Waals surface area contributed by atoms with Crippen LogP contribution in [0.15, 0.2) is 71.0 Å². The topological polar surface area (TPSA) is 89.8 Å².